The number of ether oxygens (including phenoxy) is 1. The molecule has 2 amide bonds. The van der Waals surface area contributed by atoms with E-state index in [1.165, 1.54) is 18.2 Å². The number of carbonyl (C=O) groups excluding carboxylic acids is 2. The zero-order chi connectivity index (χ0) is 18.8. The highest BCUT2D eigenvalue weighted by molar-refractivity contribution is 5.97. The molecule has 4 rings (SSSR count). The van der Waals surface area contributed by atoms with Gasteiger partial charge in [-0.05, 0) is 30.3 Å². The Bertz CT molecular complexity index is 990. The summed E-state index contributed by atoms with van der Waals surface area (Å²) in [5, 5.41) is 0. The Morgan fingerprint density at radius 1 is 0.815 bits per heavy atom. The minimum atomic E-state index is -0.640. The second kappa shape index (κ2) is 6.92. The first-order valence-electron chi connectivity index (χ1n) is 8.35. The fourth-order valence-corrected chi connectivity index (χ4v) is 3.08. The van der Waals surface area contributed by atoms with Crippen molar-refractivity contribution in [1.82, 2.24) is 10.9 Å². The van der Waals surface area contributed by atoms with Gasteiger partial charge in [-0.3, -0.25) is 20.4 Å². The number of hydrazine groups is 1. The molecule has 134 valence electrons. The van der Waals surface area contributed by atoms with Gasteiger partial charge in [-0.1, -0.05) is 42.5 Å². The molecular weight excluding hydrogens is 347 g/mol. The molecule has 1 aliphatic heterocycles. The van der Waals surface area contributed by atoms with Gasteiger partial charge in [0.15, 0.2) is 0 Å². The van der Waals surface area contributed by atoms with Crippen LogP contribution in [0.3, 0.4) is 0 Å². The molecule has 0 spiro atoms. The molecule has 3 aromatic rings. The summed E-state index contributed by atoms with van der Waals surface area (Å²) in [6, 6.07) is 19.7. The van der Waals surface area contributed by atoms with Crippen molar-refractivity contribution in [1.29, 1.82) is 0 Å². The number of hydrogen-bond acceptors (Lipinski definition) is 3. The fourth-order valence-electron chi connectivity index (χ4n) is 3.08. The molecule has 0 bridgehead atoms. The van der Waals surface area contributed by atoms with Crippen LogP contribution >= 0.6 is 0 Å². The van der Waals surface area contributed by atoms with E-state index in [-0.39, 0.29) is 5.56 Å². The second-order valence-electron chi connectivity index (χ2n) is 6.06. The van der Waals surface area contributed by atoms with Gasteiger partial charge in [-0.15, -0.1) is 0 Å². The van der Waals surface area contributed by atoms with Crippen molar-refractivity contribution in [3.05, 3.63) is 95.3 Å². The fraction of sp³-hybridized carbons (Fsp3) is 0.0476. The molecule has 0 saturated heterocycles. The number of rotatable bonds is 2. The molecule has 0 radical (unpaired) electrons. The lowest BCUT2D eigenvalue weighted by atomic mass is 9.87. The smallest absolute Gasteiger partial charge is 0.269 e. The van der Waals surface area contributed by atoms with Gasteiger partial charge in [-0.25, -0.2) is 4.39 Å². The Morgan fingerprint density at radius 3 is 2.07 bits per heavy atom. The summed E-state index contributed by atoms with van der Waals surface area (Å²) in [4.78, 5) is 25.0. The van der Waals surface area contributed by atoms with Crippen molar-refractivity contribution in [3.8, 4) is 11.5 Å². The van der Waals surface area contributed by atoms with Crippen LogP contribution in [0.4, 0.5) is 4.39 Å². The van der Waals surface area contributed by atoms with E-state index in [1.807, 2.05) is 36.4 Å². The first-order valence-corrected chi connectivity index (χ1v) is 8.35. The predicted molar refractivity (Wildman–Crippen MR) is 96.8 cm³/mol. The lowest BCUT2D eigenvalue weighted by Gasteiger charge is -2.27. The van der Waals surface area contributed by atoms with Crippen molar-refractivity contribution < 1.29 is 18.7 Å². The topological polar surface area (TPSA) is 67.4 Å². The van der Waals surface area contributed by atoms with E-state index >= 15 is 0 Å². The van der Waals surface area contributed by atoms with Gasteiger partial charge in [0.05, 0.1) is 5.92 Å². The number of nitrogens with one attached hydrogen (secondary N) is 2. The number of amides is 2. The molecule has 0 saturated carbocycles. The van der Waals surface area contributed by atoms with Crippen LogP contribution in [0.25, 0.3) is 0 Å². The van der Waals surface area contributed by atoms with Gasteiger partial charge < -0.3 is 4.74 Å². The highest BCUT2D eigenvalue weighted by Gasteiger charge is 2.32. The van der Waals surface area contributed by atoms with Crippen molar-refractivity contribution in [2.75, 3.05) is 0 Å². The van der Waals surface area contributed by atoms with Crippen LogP contribution in [0, 0.1) is 5.82 Å². The van der Waals surface area contributed by atoms with Crippen LogP contribution in [0.15, 0.2) is 72.8 Å². The molecule has 0 unspecified atom stereocenters. The normalized spacial score (nSPS) is 12.3. The molecule has 0 aromatic heterocycles. The first-order chi connectivity index (χ1) is 13.1. The molecular formula is C21H15FN2O3. The highest BCUT2D eigenvalue weighted by atomic mass is 19.1. The van der Waals surface area contributed by atoms with E-state index < -0.39 is 23.5 Å². The quantitative estimate of drug-likeness (QED) is 0.686. The number of halogens is 1. The minimum Gasteiger partial charge on any atom is -0.457 e. The summed E-state index contributed by atoms with van der Waals surface area (Å²) in [5.41, 5.74) is 6.29. The van der Waals surface area contributed by atoms with Gasteiger partial charge in [-0.2, -0.15) is 0 Å². The molecule has 3 aromatic carbocycles. The molecule has 0 fully saturated rings. The van der Waals surface area contributed by atoms with Crippen LogP contribution in [-0.4, -0.2) is 11.8 Å². The Morgan fingerprint density at radius 2 is 1.44 bits per heavy atom. The van der Waals surface area contributed by atoms with E-state index in [2.05, 4.69) is 10.9 Å². The van der Waals surface area contributed by atoms with Crippen molar-refractivity contribution >= 4 is 11.8 Å². The average molecular weight is 362 g/mol. The maximum atomic E-state index is 13.3. The van der Waals surface area contributed by atoms with Gasteiger partial charge >= 0.3 is 0 Å². The number of hydrogen-bond donors (Lipinski definition) is 2. The molecule has 2 N–H and O–H groups in total. The van der Waals surface area contributed by atoms with E-state index in [0.29, 0.717) is 22.6 Å². The average Bonchev–Trinajstić information content (AvgIpc) is 2.70. The third kappa shape index (κ3) is 3.25. The van der Waals surface area contributed by atoms with Crippen molar-refractivity contribution in [2.24, 2.45) is 0 Å². The number of para-hydroxylation sites is 2. The van der Waals surface area contributed by atoms with Crippen molar-refractivity contribution in [2.45, 2.75) is 5.92 Å². The van der Waals surface area contributed by atoms with Crippen LogP contribution in [-0.2, 0) is 4.79 Å². The zero-order valence-electron chi connectivity index (χ0n) is 14.1. The van der Waals surface area contributed by atoms with Crippen LogP contribution in [0.1, 0.15) is 27.4 Å². The number of benzene rings is 3. The van der Waals surface area contributed by atoms with Crippen LogP contribution < -0.4 is 15.6 Å². The molecule has 0 aliphatic carbocycles. The molecule has 1 heterocycles. The monoisotopic (exact) mass is 362 g/mol. The molecule has 1 aliphatic rings. The Balaban J connectivity index is 1.58. The maximum absolute atomic E-state index is 13.3. The van der Waals surface area contributed by atoms with Crippen LogP contribution in [0.5, 0.6) is 11.5 Å². The molecule has 6 heteroatoms. The van der Waals surface area contributed by atoms with Crippen LogP contribution in [0.2, 0.25) is 0 Å². The van der Waals surface area contributed by atoms with Crippen molar-refractivity contribution in [3.63, 3.8) is 0 Å². The molecule has 5 nitrogen and oxygen atoms in total. The van der Waals surface area contributed by atoms with E-state index in [1.54, 1.807) is 12.1 Å². The lowest BCUT2D eigenvalue weighted by molar-refractivity contribution is -0.122. The maximum Gasteiger partial charge on any atom is 0.269 e. The van der Waals surface area contributed by atoms with E-state index in [4.69, 9.17) is 4.74 Å². The predicted octanol–water partition coefficient (Wildman–Crippen LogP) is 3.52. The number of fused-ring (bicyclic) bond motifs is 2. The van der Waals surface area contributed by atoms with E-state index in [9.17, 15) is 14.0 Å². The Kier molecular flexibility index (Phi) is 4.30. The summed E-state index contributed by atoms with van der Waals surface area (Å²) < 4.78 is 19.1. The summed E-state index contributed by atoms with van der Waals surface area (Å²) >= 11 is 0. The zero-order valence-corrected chi connectivity index (χ0v) is 14.1. The second-order valence-corrected chi connectivity index (χ2v) is 6.06. The highest BCUT2D eigenvalue weighted by Crippen LogP contribution is 2.43. The minimum absolute atomic E-state index is 0.114. The lowest BCUT2D eigenvalue weighted by Crippen LogP contribution is -2.44. The van der Waals surface area contributed by atoms with E-state index in [0.717, 1.165) is 6.07 Å². The standard InChI is InChI=1S/C21H15FN2O3/c22-14-7-5-6-13(12-14)20(25)23-24-21(26)19-15-8-1-3-10-17(15)27-18-11-4-2-9-16(18)19/h1-12,19H,(H,23,25)(H,24,26). The summed E-state index contributed by atoms with van der Waals surface area (Å²) in [6.45, 7) is 0. The summed E-state index contributed by atoms with van der Waals surface area (Å²) in [7, 11) is 0. The Hall–Kier alpha value is -3.67. The largest absolute Gasteiger partial charge is 0.457 e. The number of carbonyl (C=O) groups is 2. The Labute approximate surface area is 154 Å². The third-order valence-electron chi connectivity index (χ3n) is 4.33. The third-order valence-corrected chi connectivity index (χ3v) is 4.33. The molecule has 0 atom stereocenters. The molecule has 27 heavy (non-hydrogen) atoms. The summed E-state index contributed by atoms with van der Waals surface area (Å²) in [6.07, 6.45) is 0. The first kappa shape index (κ1) is 16.8. The van der Waals surface area contributed by atoms with Gasteiger partial charge in [0.2, 0.25) is 0 Å². The van der Waals surface area contributed by atoms with Gasteiger partial charge in [0, 0.05) is 16.7 Å². The summed E-state index contributed by atoms with van der Waals surface area (Å²) in [5.74, 6) is -1.000. The SMILES string of the molecule is O=C(NNC(=O)C1c2ccccc2Oc2ccccc21)c1cccc(F)c1. The van der Waals surface area contributed by atoms with Gasteiger partial charge in [0.1, 0.15) is 17.3 Å². The van der Waals surface area contributed by atoms with Gasteiger partial charge in [0.25, 0.3) is 11.8 Å².